The molecule has 4 heteroatoms. The highest BCUT2D eigenvalue weighted by molar-refractivity contribution is 5.97. The number of rotatable bonds is 9. The molecule has 4 nitrogen and oxygen atoms in total. The maximum absolute atomic E-state index is 8.65. The van der Waals surface area contributed by atoms with Crippen LogP contribution in [0.4, 0.5) is 0 Å². The Hall–Kier alpha value is -1.55. The van der Waals surface area contributed by atoms with Crippen LogP contribution >= 0.6 is 0 Å². The van der Waals surface area contributed by atoms with Gasteiger partial charge in [0.2, 0.25) is 0 Å². The van der Waals surface area contributed by atoms with E-state index in [2.05, 4.69) is 12.1 Å². The molecule has 20 heavy (non-hydrogen) atoms. The minimum Gasteiger partial charge on any atom is -0.409 e. The van der Waals surface area contributed by atoms with Crippen molar-refractivity contribution >= 4 is 5.84 Å². The molecule has 0 aliphatic rings. The van der Waals surface area contributed by atoms with Gasteiger partial charge in [0.25, 0.3) is 0 Å². The summed E-state index contributed by atoms with van der Waals surface area (Å²) in [5, 5.41) is 11.7. The van der Waals surface area contributed by atoms with Gasteiger partial charge in [0, 0.05) is 12.2 Å². The molecule has 0 unspecified atom stereocenters. The molecule has 112 valence electrons. The van der Waals surface area contributed by atoms with Crippen LogP contribution in [0.3, 0.4) is 0 Å². The smallest absolute Gasteiger partial charge is 0.170 e. The van der Waals surface area contributed by atoms with Crippen LogP contribution in [-0.4, -0.2) is 17.6 Å². The number of ether oxygens (including phenoxy) is 1. The van der Waals surface area contributed by atoms with Crippen molar-refractivity contribution in [3.05, 3.63) is 34.9 Å². The average Bonchev–Trinajstić information content (AvgIpc) is 2.46. The zero-order valence-corrected chi connectivity index (χ0v) is 12.6. The Morgan fingerprint density at radius 1 is 1.25 bits per heavy atom. The van der Waals surface area contributed by atoms with Gasteiger partial charge in [-0.05, 0) is 30.5 Å². The summed E-state index contributed by atoms with van der Waals surface area (Å²) in [6, 6.07) is 5.73. The van der Waals surface area contributed by atoms with Crippen LogP contribution in [0.15, 0.2) is 23.4 Å². The Balaban J connectivity index is 2.34. The van der Waals surface area contributed by atoms with Crippen molar-refractivity contribution in [2.75, 3.05) is 6.61 Å². The molecule has 0 saturated carbocycles. The Morgan fingerprint density at radius 2 is 2.00 bits per heavy atom. The molecule has 0 aliphatic carbocycles. The second-order valence-electron chi connectivity index (χ2n) is 5.09. The van der Waals surface area contributed by atoms with Crippen LogP contribution in [0, 0.1) is 6.92 Å². The summed E-state index contributed by atoms with van der Waals surface area (Å²) < 4.78 is 5.70. The van der Waals surface area contributed by atoms with Crippen LogP contribution < -0.4 is 5.73 Å². The molecule has 1 aromatic carbocycles. The summed E-state index contributed by atoms with van der Waals surface area (Å²) in [6.45, 7) is 5.66. The maximum Gasteiger partial charge on any atom is 0.170 e. The quantitative estimate of drug-likeness (QED) is 0.238. The number of oxime groups is 1. The van der Waals surface area contributed by atoms with Crippen LogP contribution in [-0.2, 0) is 11.3 Å². The molecular formula is C16H26N2O2. The van der Waals surface area contributed by atoms with E-state index in [1.807, 2.05) is 25.1 Å². The van der Waals surface area contributed by atoms with E-state index in [4.69, 9.17) is 15.7 Å². The van der Waals surface area contributed by atoms with E-state index in [1.165, 1.54) is 25.7 Å². The molecule has 0 spiro atoms. The number of nitrogens with zero attached hydrogens (tertiary/aromatic N) is 1. The first-order valence-corrected chi connectivity index (χ1v) is 7.34. The SMILES string of the molecule is CCCCCCCOCc1ccc(/C(N)=N/O)cc1C. The van der Waals surface area contributed by atoms with E-state index < -0.39 is 0 Å². The van der Waals surface area contributed by atoms with Crippen LogP contribution in [0.1, 0.15) is 55.7 Å². The molecule has 0 fully saturated rings. The van der Waals surface area contributed by atoms with Gasteiger partial charge in [0.05, 0.1) is 6.61 Å². The largest absolute Gasteiger partial charge is 0.409 e. The van der Waals surface area contributed by atoms with Gasteiger partial charge in [0.1, 0.15) is 0 Å². The second-order valence-corrected chi connectivity index (χ2v) is 5.09. The minimum absolute atomic E-state index is 0.136. The standard InChI is InChI=1S/C16H26N2O2/c1-3-4-5-6-7-10-20-12-15-9-8-14(11-13(15)2)16(17)18-19/h8-9,11,19H,3-7,10,12H2,1-2H3,(H2,17,18). The number of hydrogen-bond acceptors (Lipinski definition) is 3. The molecule has 3 N–H and O–H groups in total. The molecule has 0 aliphatic heterocycles. The van der Waals surface area contributed by atoms with Crippen molar-refractivity contribution in [1.82, 2.24) is 0 Å². The lowest BCUT2D eigenvalue weighted by molar-refractivity contribution is 0.116. The molecule has 0 amide bonds. The second kappa shape index (κ2) is 9.37. The molecule has 0 radical (unpaired) electrons. The van der Waals surface area contributed by atoms with Crippen molar-refractivity contribution in [3.8, 4) is 0 Å². The van der Waals surface area contributed by atoms with Gasteiger partial charge in [-0.2, -0.15) is 0 Å². The zero-order chi connectivity index (χ0) is 14.8. The molecule has 0 heterocycles. The summed E-state index contributed by atoms with van der Waals surface area (Å²) in [5.74, 6) is 0.136. The Labute approximate surface area is 121 Å². The summed E-state index contributed by atoms with van der Waals surface area (Å²) >= 11 is 0. The molecule has 0 saturated heterocycles. The lowest BCUT2D eigenvalue weighted by Crippen LogP contribution is -2.13. The Kier molecular flexibility index (Phi) is 7.73. The third-order valence-corrected chi connectivity index (χ3v) is 3.40. The first-order valence-electron chi connectivity index (χ1n) is 7.34. The molecule has 1 aromatic rings. The van der Waals surface area contributed by atoms with Gasteiger partial charge >= 0.3 is 0 Å². The predicted octanol–water partition coefficient (Wildman–Crippen LogP) is 3.58. The number of nitrogens with two attached hydrogens (primary N) is 1. The molecule has 0 atom stereocenters. The van der Waals surface area contributed by atoms with Gasteiger partial charge in [-0.25, -0.2) is 0 Å². The van der Waals surface area contributed by atoms with E-state index in [0.717, 1.165) is 29.7 Å². The average molecular weight is 278 g/mol. The molecule has 0 aromatic heterocycles. The highest BCUT2D eigenvalue weighted by atomic mass is 16.5. The van der Waals surface area contributed by atoms with Crippen molar-refractivity contribution in [2.24, 2.45) is 10.9 Å². The predicted molar refractivity (Wildman–Crippen MR) is 82.1 cm³/mol. The highest BCUT2D eigenvalue weighted by Crippen LogP contribution is 2.13. The number of benzene rings is 1. The zero-order valence-electron chi connectivity index (χ0n) is 12.6. The van der Waals surface area contributed by atoms with Gasteiger partial charge in [-0.3, -0.25) is 0 Å². The van der Waals surface area contributed by atoms with Gasteiger partial charge in [-0.15, -0.1) is 0 Å². The van der Waals surface area contributed by atoms with Crippen molar-refractivity contribution in [1.29, 1.82) is 0 Å². The first-order chi connectivity index (χ1) is 9.69. The van der Waals surface area contributed by atoms with Gasteiger partial charge in [0.15, 0.2) is 5.84 Å². The van der Waals surface area contributed by atoms with Crippen LogP contribution in [0.25, 0.3) is 0 Å². The lowest BCUT2D eigenvalue weighted by Gasteiger charge is -2.09. The number of amidine groups is 1. The third kappa shape index (κ3) is 5.61. The summed E-state index contributed by atoms with van der Waals surface area (Å²) in [7, 11) is 0. The van der Waals surface area contributed by atoms with E-state index in [1.54, 1.807) is 0 Å². The summed E-state index contributed by atoms with van der Waals surface area (Å²) in [5.41, 5.74) is 8.54. The number of hydrogen-bond donors (Lipinski definition) is 2. The monoisotopic (exact) mass is 278 g/mol. The van der Waals surface area contributed by atoms with E-state index in [0.29, 0.717) is 6.61 Å². The normalized spacial score (nSPS) is 11.8. The third-order valence-electron chi connectivity index (χ3n) is 3.40. The maximum atomic E-state index is 8.65. The molecular weight excluding hydrogens is 252 g/mol. The minimum atomic E-state index is 0.136. The van der Waals surface area contributed by atoms with E-state index in [9.17, 15) is 0 Å². The lowest BCUT2D eigenvalue weighted by atomic mass is 10.1. The van der Waals surface area contributed by atoms with Crippen molar-refractivity contribution in [3.63, 3.8) is 0 Å². The highest BCUT2D eigenvalue weighted by Gasteiger charge is 2.03. The number of aryl methyl sites for hydroxylation is 1. The van der Waals surface area contributed by atoms with E-state index >= 15 is 0 Å². The summed E-state index contributed by atoms with van der Waals surface area (Å²) in [4.78, 5) is 0. The van der Waals surface area contributed by atoms with Crippen LogP contribution in [0.5, 0.6) is 0 Å². The topological polar surface area (TPSA) is 67.8 Å². The fourth-order valence-corrected chi connectivity index (χ4v) is 2.06. The fraction of sp³-hybridized carbons (Fsp3) is 0.562. The first kappa shape index (κ1) is 16.5. The fourth-order valence-electron chi connectivity index (χ4n) is 2.06. The van der Waals surface area contributed by atoms with Gasteiger partial charge < -0.3 is 15.7 Å². The van der Waals surface area contributed by atoms with Crippen molar-refractivity contribution in [2.45, 2.75) is 52.6 Å². The summed E-state index contributed by atoms with van der Waals surface area (Å²) in [6.07, 6.45) is 6.25. The number of unbranched alkanes of at least 4 members (excludes halogenated alkanes) is 4. The molecule has 1 rings (SSSR count). The van der Waals surface area contributed by atoms with Crippen molar-refractivity contribution < 1.29 is 9.94 Å². The van der Waals surface area contributed by atoms with E-state index in [-0.39, 0.29) is 5.84 Å². The van der Waals surface area contributed by atoms with Crippen LogP contribution in [0.2, 0.25) is 0 Å². The molecule has 0 bridgehead atoms. The Morgan fingerprint density at radius 3 is 2.65 bits per heavy atom. The Bertz CT molecular complexity index is 430. The van der Waals surface area contributed by atoms with Gasteiger partial charge in [-0.1, -0.05) is 49.9 Å².